The van der Waals surface area contributed by atoms with Crippen molar-refractivity contribution in [1.29, 1.82) is 0 Å². The Labute approximate surface area is 85.3 Å². The average molecular weight is 203 g/mol. The van der Waals surface area contributed by atoms with Crippen LogP contribution in [-0.2, 0) is 4.74 Å². The highest BCUT2D eigenvalue weighted by Crippen LogP contribution is 2.08. The number of aliphatic hydroxyl groups excluding tert-OH is 2. The fourth-order valence-electron chi connectivity index (χ4n) is 1.60. The van der Waals surface area contributed by atoms with E-state index in [2.05, 4.69) is 12.2 Å². The molecule has 84 valence electrons. The van der Waals surface area contributed by atoms with Crippen molar-refractivity contribution in [3.05, 3.63) is 0 Å². The lowest BCUT2D eigenvalue weighted by atomic mass is 10.1. The summed E-state index contributed by atoms with van der Waals surface area (Å²) in [5, 5.41) is 21.7. The van der Waals surface area contributed by atoms with Crippen molar-refractivity contribution in [3.63, 3.8) is 0 Å². The van der Waals surface area contributed by atoms with Gasteiger partial charge >= 0.3 is 0 Å². The van der Waals surface area contributed by atoms with E-state index in [9.17, 15) is 10.2 Å². The Hall–Kier alpha value is -0.160. The first-order valence-electron chi connectivity index (χ1n) is 5.43. The van der Waals surface area contributed by atoms with Gasteiger partial charge in [0.2, 0.25) is 0 Å². The van der Waals surface area contributed by atoms with Crippen LogP contribution < -0.4 is 5.32 Å². The topological polar surface area (TPSA) is 61.7 Å². The smallest absolute Gasteiger partial charge is 0.0986 e. The third kappa shape index (κ3) is 3.53. The van der Waals surface area contributed by atoms with Crippen molar-refractivity contribution >= 4 is 0 Å². The molecule has 14 heavy (non-hydrogen) atoms. The molecular formula is C10H21NO3. The van der Waals surface area contributed by atoms with Crippen LogP contribution in [0.4, 0.5) is 0 Å². The molecule has 1 aliphatic rings. The second-order valence-electron chi connectivity index (χ2n) is 3.85. The molecule has 0 unspecified atom stereocenters. The summed E-state index contributed by atoms with van der Waals surface area (Å²) in [4.78, 5) is 0. The minimum Gasteiger partial charge on any atom is -0.389 e. The quantitative estimate of drug-likeness (QED) is 0.527. The number of nitrogens with one attached hydrogen (secondary N) is 1. The van der Waals surface area contributed by atoms with Gasteiger partial charge in [-0.2, -0.15) is 0 Å². The van der Waals surface area contributed by atoms with Crippen molar-refractivity contribution in [3.8, 4) is 0 Å². The van der Waals surface area contributed by atoms with E-state index in [-0.39, 0.29) is 6.04 Å². The number of ether oxygens (including phenoxy) is 1. The normalized spacial score (nSPS) is 32.4. The molecule has 3 atom stereocenters. The Morgan fingerprint density at radius 1 is 1.36 bits per heavy atom. The van der Waals surface area contributed by atoms with Gasteiger partial charge in [0, 0.05) is 13.2 Å². The van der Waals surface area contributed by atoms with Gasteiger partial charge in [0.1, 0.15) is 0 Å². The summed E-state index contributed by atoms with van der Waals surface area (Å²) >= 11 is 0. The fourth-order valence-corrected chi connectivity index (χ4v) is 1.60. The van der Waals surface area contributed by atoms with Crippen LogP contribution in [0.25, 0.3) is 0 Å². The molecule has 0 bridgehead atoms. The third-order valence-corrected chi connectivity index (χ3v) is 2.59. The summed E-state index contributed by atoms with van der Waals surface area (Å²) in [5.41, 5.74) is 0. The molecule has 0 aromatic heterocycles. The number of β-amino-alcohol motifs (C(OH)–C–C–N with tert-alkyl or cyclic N) is 1. The molecule has 3 N–H and O–H groups in total. The van der Waals surface area contributed by atoms with E-state index in [4.69, 9.17) is 4.74 Å². The van der Waals surface area contributed by atoms with Gasteiger partial charge in [-0.25, -0.2) is 0 Å². The lowest BCUT2D eigenvalue weighted by Crippen LogP contribution is -2.37. The second-order valence-corrected chi connectivity index (χ2v) is 3.85. The van der Waals surface area contributed by atoms with Crippen molar-refractivity contribution in [2.24, 2.45) is 0 Å². The largest absolute Gasteiger partial charge is 0.389 e. The molecular weight excluding hydrogens is 182 g/mol. The first-order valence-corrected chi connectivity index (χ1v) is 5.43. The minimum atomic E-state index is -0.679. The highest BCUT2D eigenvalue weighted by atomic mass is 16.5. The highest BCUT2D eigenvalue weighted by molar-refractivity contribution is 4.90. The Morgan fingerprint density at radius 3 is 2.71 bits per heavy atom. The molecule has 1 rings (SSSR count). The predicted octanol–water partition coefficient (Wildman–Crippen LogP) is -0.113. The molecule has 0 amide bonds. The number of unbranched alkanes of at least 4 members (excludes halogenated alkanes) is 2. The van der Waals surface area contributed by atoms with E-state index in [1.54, 1.807) is 0 Å². The molecule has 0 aromatic carbocycles. The van der Waals surface area contributed by atoms with Gasteiger partial charge in [0.25, 0.3) is 0 Å². The Bertz CT molecular complexity index is 154. The zero-order valence-corrected chi connectivity index (χ0v) is 8.78. The average Bonchev–Trinajstić information content (AvgIpc) is 2.49. The van der Waals surface area contributed by atoms with Crippen LogP contribution >= 0.6 is 0 Å². The van der Waals surface area contributed by atoms with Gasteiger partial charge in [-0.1, -0.05) is 19.8 Å². The van der Waals surface area contributed by atoms with Crippen molar-refractivity contribution in [2.75, 3.05) is 19.8 Å². The van der Waals surface area contributed by atoms with Gasteiger partial charge in [-0.05, 0) is 6.42 Å². The van der Waals surface area contributed by atoms with Crippen LogP contribution in [0.3, 0.4) is 0 Å². The van der Waals surface area contributed by atoms with E-state index >= 15 is 0 Å². The monoisotopic (exact) mass is 203 g/mol. The third-order valence-electron chi connectivity index (χ3n) is 2.59. The first kappa shape index (κ1) is 11.9. The minimum absolute atomic E-state index is 0.105. The zero-order valence-electron chi connectivity index (χ0n) is 8.78. The number of hydrogen-bond acceptors (Lipinski definition) is 4. The van der Waals surface area contributed by atoms with Gasteiger partial charge in [0.05, 0.1) is 24.9 Å². The second kappa shape index (κ2) is 6.35. The van der Waals surface area contributed by atoms with Crippen molar-refractivity contribution < 1.29 is 14.9 Å². The summed E-state index contributed by atoms with van der Waals surface area (Å²) in [7, 11) is 0. The molecule has 0 spiro atoms. The highest BCUT2D eigenvalue weighted by Gasteiger charge is 2.32. The maximum absolute atomic E-state index is 9.47. The van der Waals surface area contributed by atoms with Crippen LogP contribution in [0.15, 0.2) is 0 Å². The summed E-state index contributed by atoms with van der Waals surface area (Å²) in [5.74, 6) is 0. The van der Waals surface area contributed by atoms with Crippen molar-refractivity contribution in [2.45, 2.75) is 44.4 Å². The molecule has 0 saturated carbocycles. The van der Waals surface area contributed by atoms with Gasteiger partial charge in [-0.15, -0.1) is 0 Å². The molecule has 1 saturated heterocycles. The zero-order chi connectivity index (χ0) is 10.4. The summed E-state index contributed by atoms with van der Waals surface area (Å²) < 4.78 is 5.40. The molecule has 4 heteroatoms. The molecule has 0 aliphatic carbocycles. The number of aliphatic hydroxyl groups is 2. The van der Waals surface area contributed by atoms with Crippen LogP contribution in [-0.4, -0.2) is 48.2 Å². The van der Waals surface area contributed by atoms with E-state index in [1.807, 2.05) is 0 Å². The van der Waals surface area contributed by atoms with Gasteiger partial charge in [0.15, 0.2) is 0 Å². The summed E-state index contributed by atoms with van der Waals surface area (Å²) in [6.45, 7) is 3.85. The first-order chi connectivity index (χ1) is 6.75. The Kier molecular flexibility index (Phi) is 5.40. The van der Waals surface area contributed by atoms with Crippen LogP contribution in [0.1, 0.15) is 26.2 Å². The molecule has 1 aliphatic heterocycles. The SMILES string of the molecule is CCCCCOC[C@H]1NC[C@H](O)[C@@H]1O. The maximum atomic E-state index is 9.47. The van der Waals surface area contributed by atoms with Gasteiger partial charge in [-0.3, -0.25) is 0 Å². The predicted molar refractivity (Wildman–Crippen MR) is 54.1 cm³/mol. The van der Waals surface area contributed by atoms with E-state index in [1.165, 1.54) is 12.8 Å². The Morgan fingerprint density at radius 2 is 2.14 bits per heavy atom. The van der Waals surface area contributed by atoms with E-state index in [0.717, 1.165) is 13.0 Å². The van der Waals surface area contributed by atoms with Crippen molar-refractivity contribution in [1.82, 2.24) is 5.32 Å². The lowest BCUT2D eigenvalue weighted by Gasteiger charge is -2.15. The summed E-state index contributed by atoms with van der Waals surface area (Å²) in [6, 6.07) is -0.105. The van der Waals surface area contributed by atoms with E-state index < -0.39 is 12.2 Å². The molecule has 0 aromatic rings. The molecule has 0 radical (unpaired) electrons. The number of hydrogen-bond donors (Lipinski definition) is 3. The summed E-state index contributed by atoms with van der Waals surface area (Å²) in [6.07, 6.45) is 2.12. The van der Waals surface area contributed by atoms with Crippen LogP contribution in [0, 0.1) is 0 Å². The van der Waals surface area contributed by atoms with Crippen LogP contribution in [0.5, 0.6) is 0 Å². The Balaban J connectivity index is 2.01. The molecule has 4 nitrogen and oxygen atoms in total. The maximum Gasteiger partial charge on any atom is 0.0986 e. The van der Waals surface area contributed by atoms with E-state index in [0.29, 0.717) is 13.2 Å². The molecule has 1 heterocycles. The van der Waals surface area contributed by atoms with Crippen LogP contribution in [0.2, 0.25) is 0 Å². The lowest BCUT2D eigenvalue weighted by molar-refractivity contribution is 0.0148. The number of rotatable bonds is 6. The molecule has 1 fully saturated rings. The fraction of sp³-hybridized carbons (Fsp3) is 1.00. The van der Waals surface area contributed by atoms with Gasteiger partial charge < -0.3 is 20.3 Å². The standard InChI is InChI=1S/C10H21NO3/c1-2-3-4-5-14-7-8-10(13)9(12)6-11-8/h8-13H,2-7H2,1H3/t8-,9+,10-/m1/s1.